The Hall–Kier alpha value is -3.60. The van der Waals surface area contributed by atoms with Crippen molar-refractivity contribution in [3.8, 4) is 5.75 Å². The van der Waals surface area contributed by atoms with Gasteiger partial charge in [0.25, 0.3) is 0 Å². The van der Waals surface area contributed by atoms with Crippen LogP contribution in [0.3, 0.4) is 0 Å². The molecule has 0 aliphatic rings. The summed E-state index contributed by atoms with van der Waals surface area (Å²) >= 11 is 0. The number of pyridine rings is 1. The molecule has 0 bridgehead atoms. The van der Waals surface area contributed by atoms with E-state index in [1.165, 1.54) is 24.3 Å². The van der Waals surface area contributed by atoms with Crippen LogP contribution in [0.25, 0.3) is 0 Å². The Morgan fingerprint density at radius 3 is 2.50 bits per heavy atom. The van der Waals surface area contributed by atoms with E-state index in [1.807, 2.05) is 5.32 Å². The van der Waals surface area contributed by atoms with E-state index >= 15 is 0 Å². The molecular weight excluding hydrogens is 346 g/mol. The van der Waals surface area contributed by atoms with Crippen molar-refractivity contribution in [2.45, 2.75) is 19.1 Å². The van der Waals surface area contributed by atoms with Gasteiger partial charge in [0.1, 0.15) is 17.3 Å². The average Bonchev–Trinajstić information content (AvgIpc) is 2.53. The smallest absolute Gasteiger partial charge is 0.410 e. The number of aliphatic hydroxyl groups is 1. The lowest BCUT2D eigenvalue weighted by atomic mass is 10.0. The van der Waals surface area contributed by atoms with Crippen LogP contribution in [0.2, 0.25) is 0 Å². The van der Waals surface area contributed by atoms with Crippen LogP contribution in [-0.4, -0.2) is 37.4 Å². The molecule has 138 valence electrons. The summed E-state index contributed by atoms with van der Waals surface area (Å²) in [6.07, 6.45) is -2.48. The maximum Gasteiger partial charge on any atom is 0.410 e. The topological polar surface area (TPSA) is 184 Å². The molecule has 0 radical (unpaired) electrons. The summed E-state index contributed by atoms with van der Waals surface area (Å²) in [5.74, 6) is -0.645. The molecule has 7 N–H and O–H groups in total. The van der Waals surface area contributed by atoms with Gasteiger partial charge in [-0.2, -0.15) is 0 Å². The predicted molar refractivity (Wildman–Crippen MR) is 93.1 cm³/mol. The molecule has 0 saturated carbocycles. The predicted octanol–water partition coefficient (Wildman–Crippen LogP) is 1.90. The molecule has 1 aromatic heterocycles. The van der Waals surface area contributed by atoms with Gasteiger partial charge in [-0.1, -0.05) is 12.1 Å². The number of phenols is 1. The fourth-order valence-electron chi connectivity index (χ4n) is 2.32. The Bertz CT molecular complexity index is 826. The fraction of sp³-hybridized carbons (Fsp3) is 0.200. The van der Waals surface area contributed by atoms with Gasteiger partial charge in [0.2, 0.25) is 5.82 Å². The number of nitrogen functional groups attached to an aromatic ring is 1. The molecule has 11 heteroatoms. The van der Waals surface area contributed by atoms with Gasteiger partial charge in [-0.25, -0.2) is 9.78 Å². The highest BCUT2D eigenvalue weighted by Gasteiger charge is 2.25. The van der Waals surface area contributed by atoms with Crippen molar-refractivity contribution in [3.63, 3.8) is 0 Å². The third-order valence-corrected chi connectivity index (χ3v) is 3.53. The van der Waals surface area contributed by atoms with Crippen LogP contribution in [0, 0.1) is 10.1 Å². The Morgan fingerprint density at radius 2 is 1.96 bits per heavy atom. The molecule has 1 amide bonds. The van der Waals surface area contributed by atoms with Crippen molar-refractivity contribution < 1.29 is 25.0 Å². The number of aromatic nitrogens is 1. The quantitative estimate of drug-likeness (QED) is 0.329. The van der Waals surface area contributed by atoms with Crippen molar-refractivity contribution in [1.29, 1.82) is 0 Å². The van der Waals surface area contributed by atoms with Crippen molar-refractivity contribution >= 4 is 29.1 Å². The zero-order valence-electron chi connectivity index (χ0n) is 13.6. The van der Waals surface area contributed by atoms with Crippen LogP contribution in [0.1, 0.15) is 18.6 Å². The molecule has 2 atom stereocenters. The van der Waals surface area contributed by atoms with Crippen molar-refractivity contribution in [2.24, 2.45) is 0 Å². The largest absolute Gasteiger partial charge is 0.508 e. The molecule has 0 aliphatic carbocycles. The molecular formula is C15H17N5O6. The lowest BCUT2D eigenvalue weighted by Crippen LogP contribution is -2.25. The molecule has 0 unspecified atom stereocenters. The summed E-state index contributed by atoms with van der Waals surface area (Å²) in [7, 11) is 0. The van der Waals surface area contributed by atoms with Crippen LogP contribution < -0.4 is 16.4 Å². The van der Waals surface area contributed by atoms with E-state index in [-0.39, 0.29) is 17.3 Å². The number of nitrogens with two attached hydrogens (primary N) is 1. The van der Waals surface area contributed by atoms with Gasteiger partial charge in [-0.3, -0.25) is 15.4 Å². The molecule has 1 heterocycles. The van der Waals surface area contributed by atoms with Gasteiger partial charge in [-0.05, 0) is 24.6 Å². The maximum absolute atomic E-state index is 11.3. The van der Waals surface area contributed by atoms with Crippen molar-refractivity contribution in [3.05, 3.63) is 46.0 Å². The Labute approximate surface area is 147 Å². The number of carboxylic acid groups (broad SMARTS) is 1. The van der Waals surface area contributed by atoms with E-state index in [9.17, 15) is 25.1 Å². The van der Waals surface area contributed by atoms with Crippen molar-refractivity contribution in [1.82, 2.24) is 4.98 Å². The molecule has 0 aliphatic heterocycles. The first-order valence-electron chi connectivity index (χ1n) is 7.37. The Morgan fingerprint density at radius 1 is 1.35 bits per heavy atom. The van der Waals surface area contributed by atoms with Crippen LogP contribution >= 0.6 is 0 Å². The second-order valence-electron chi connectivity index (χ2n) is 5.45. The highest BCUT2D eigenvalue weighted by atomic mass is 16.6. The number of anilines is 3. The first-order chi connectivity index (χ1) is 12.2. The fourth-order valence-corrected chi connectivity index (χ4v) is 2.32. The Balaban J connectivity index is 2.33. The number of aromatic hydroxyl groups is 1. The first-order valence-corrected chi connectivity index (χ1v) is 7.37. The standard InChI is InChI=1S/C15H17N5O6/c1-7(13(22)8-2-4-9(21)5-3-8)17-10-6-11(19-15(23)24)18-14(16)12(10)20(25)26/h2-7,13,21-22H,1H3,(H,23,24)(H4,16,17,18,19)/t7-,13-/m1/s1. The number of amides is 1. The number of nitrogens with one attached hydrogen (secondary N) is 2. The van der Waals surface area contributed by atoms with Crippen LogP contribution in [0.15, 0.2) is 30.3 Å². The van der Waals surface area contributed by atoms with Gasteiger partial charge in [0.15, 0.2) is 0 Å². The summed E-state index contributed by atoms with van der Waals surface area (Å²) in [6.45, 7) is 1.57. The second-order valence-corrected chi connectivity index (χ2v) is 5.45. The normalized spacial score (nSPS) is 12.8. The number of hydrogen-bond acceptors (Lipinski definition) is 8. The Kier molecular flexibility index (Phi) is 5.42. The number of aliphatic hydroxyl groups excluding tert-OH is 1. The lowest BCUT2D eigenvalue weighted by Gasteiger charge is -2.22. The summed E-state index contributed by atoms with van der Waals surface area (Å²) in [6, 6.07) is 6.20. The number of benzene rings is 1. The van der Waals surface area contributed by atoms with Gasteiger partial charge >= 0.3 is 11.8 Å². The summed E-state index contributed by atoms with van der Waals surface area (Å²) in [5.41, 5.74) is 5.39. The van der Waals surface area contributed by atoms with E-state index < -0.39 is 34.7 Å². The summed E-state index contributed by atoms with van der Waals surface area (Å²) in [5, 5.41) is 44.4. The number of carbonyl (C=O) groups is 1. The van der Waals surface area contributed by atoms with E-state index in [1.54, 1.807) is 6.92 Å². The molecule has 26 heavy (non-hydrogen) atoms. The van der Waals surface area contributed by atoms with Gasteiger partial charge < -0.3 is 26.4 Å². The van der Waals surface area contributed by atoms with Gasteiger partial charge in [0.05, 0.1) is 17.1 Å². The number of nitro groups is 1. The minimum Gasteiger partial charge on any atom is -0.508 e. The van der Waals surface area contributed by atoms with Gasteiger partial charge in [-0.15, -0.1) is 0 Å². The third kappa shape index (κ3) is 4.27. The maximum atomic E-state index is 11.3. The van der Waals surface area contributed by atoms with Gasteiger partial charge in [0, 0.05) is 6.07 Å². The molecule has 0 spiro atoms. The molecule has 0 saturated heterocycles. The molecule has 11 nitrogen and oxygen atoms in total. The molecule has 0 fully saturated rings. The molecule has 2 rings (SSSR count). The highest BCUT2D eigenvalue weighted by molar-refractivity contribution is 5.85. The van der Waals surface area contributed by atoms with E-state index in [0.29, 0.717) is 5.56 Å². The van der Waals surface area contributed by atoms with Crippen molar-refractivity contribution in [2.75, 3.05) is 16.4 Å². The third-order valence-electron chi connectivity index (χ3n) is 3.53. The average molecular weight is 363 g/mol. The van der Waals surface area contributed by atoms with Crippen LogP contribution in [0.4, 0.5) is 27.8 Å². The molecule has 1 aromatic carbocycles. The number of nitrogens with zero attached hydrogens (tertiary/aromatic N) is 2. The zero-order valence-corrected chi connectivity index (χ0v) is 13.6. The summed E-state index contributed by atoms with van der Waals surface area (Å²) in [4.78, 5) is 24.9. The SMILES string of the molecule is C[C@@H](Nc1cc(NC(=O)O)nc(N)c1[N+](=O)[O-])[C@@H](O)c1ccc(O)cc1. The summed E-state index contributed by atoms with van der Waals surface area (Å²) < 4.78 is 0. The zero-order chi connectivity index (χ0) is 19.4. The molecule has 2 aromatic rings. The van der Waals surface area contributed by atoms with E-state index in [0.717, 1.165) is 6.07 Å². The lowest BCUT2D eigenvalue weighted by molar-refractivity contribution is -0.383. The minimum absolute atomic E-state index is 0.0310. The number of hydrogen-bond donors (Lipinski definition) is 6. The monoisotopic (exact) mass is 363 g/mol. The number of phenolic OH excluding ortho intramolecular Hbond substituents is 1. The van der Waals surface area contributed by atoms with E-state index in [4.69, 9.17) is 10.8 Å². The van der Waals surface area contributed by atoms with Crippen LogP contribution in [-0.2, 0) is 0 Å². The number of rotatable bonds is 6. The van der Waals surface area contributed by atoms with Crippen LogP contribution in [0.5, 0.6) is 5.75 Å². The second kappa shape index (κ2) is 7.53. The minimum atomic E-state index is -1.41. The first kappa shape index (κ1) is 18.7. The highest BCUT2D eigenvalue weighted by Crippen LogP contribution is 2.34. The van der Waals surface area contributed by atoms with E-state index in [2.05, 4.69) is 10.3 Å².